The Morgan fingerprint density at radius 2 is 2.00 bits per heavy atom. The second-order valence-corrected chi connectivity index (χ2v) is 5.88. The molecule has 0 radical (unpaired) electrons. The first kappa shape index (κ1) is 14.0. The molecule has 2 aromatic rings. The molecule has 0 bridgehead atoms. The standard InChI is InChI=1S/C14H18ClN3O/c1-14(2,3)16-9-13-17-12(18-19-13)8-10-6-4-5-7-11(10)15/h4-7,16H,8-9H2,1-3H3. The van der Waals surface area contributed by atoms with Gasteiger partial charge in [0, 0.05) is 17.0 Å². The van der Waals surface area contributed by atoms with Gasteiger partial charge in [0.1, 0.15) is 0 Å². The van der Waals surface area contributed by atoms with Crippen molar-refractivity contribution in [1.29, 1.82) is 0 Å². The highest BCUT2D eigenvalue weighted by atomic mass is 35.5. The third kappa shape index (κ3) is 4.33. The molecule has 0 aliphatic heterocycles. The van der Waals surface area contributed by atoms with Crippen molar-refractivity contribution in [3.8, 4) is 0 Å². The van der Waals surface area contributed by atoms with Crippen LogP contribution in [0.1, 0.15) is 38.0 Å². The van der Waals surface area contributed by atoms with Crippen LogP contribution in [-0.2, 0) is 13.0 Å². The molecule has 0 aliphatic carbocycles. The number of halogens is 1. The molecule has 102 valence electrons. The first-order valence-electron chi connectivity index (χ1n) is 6.24. The highest BCUT2D eigenvalue weighted by Gasteiger charge is 2.13. The number of rotatable bonds is 4. The normalized spacial score (nSPS) is 11.8. The van der Waals surface area contributed by atoms with Gasteiger partial charge in [0.15, 0.2) is 5.82 Å². The van der Waals surface area contributed by atoms with E-state index in [4.69, 9.17) is 16.1 Å². The third-order valence-corrected chi connectivity index (χ3v) is 2.96. The maximum atomic E-state index is 6.10. The van der Waals surface area contributed by atoms with Crippen molar-refractivity contribution in [1.82, 2.24) is 15.5 Å². The van der Waals surface area contributed by atoms with E-state index >= 15 is 0 Å². The molecule has 19 heavy (non-hydrogen) atoms. The Bertz CT molecular complexity index is 546. The van der Waals surface area contributed by atoms with Crippen LogP contribution in [0.4, 0.5) is 0 Å². The minimum absolute atomic E-state index is 0.0252. The average Bonchev–Trinajstić information content (AvgIpc) is 2.77. The number of aromatic nitrogens is 2. The van der Waals surface area contributed by atoms with E-state index in [-0.39, 0.29) is 5.54 Å². The largest absolute Gasteiger partial charge is 0.338 e. The van der Waals surface area contributed by atoms with E-state index in [0.29, 0.717) is 24.7 Å². The van der Waals surface area contributed by atoms with E-state index in [0.717, 1.165) is 10.6 Å². The Morgan fingerprint density at radius 3 is 2.68 bits per heavy atom. The Hall–Kier alpha value is -1.39. The molecule has 2 rings (SSSR count). The molecule has 1 aromatic heterocycles. The highest BCUT2D eigenvalue weighted by Crippen LogP contribution is 2.17. The molecule has 1 aromatic carbocycles. The van der Waals surface area contributed by atoms with Crippen molar-refractivity contribution >= 4 is 11.6 Å². The molecule has 4 nitrogen and oxygen atoms in total. The smallest absolute Gasteiger partial charge is 0.240 e. The van der Waals surface area contributed by atoms with Crippen LogP contribution in [-0.4, -0.2) is 15.7 Å². The van der Waals surface area contributed by atoms with Crippen LogP contribution >= 0.6 is 11.6 Å². The van der Waals surface area contributed by atoms with Gasteiger partial charge in [-0.1, -0.05) is 35.0 Å². The summed E-state index contributed by atoms with van der Waals surface area (Å²) in [5.74, 6) is 1.25. The lowest BCUT2D eigenvalue weighted by Crippen LogP contribution is -2.35. The maximum absolute atomic E-state index is 6.10. The van der Waals surface area contributed by atoms with E-state index < -0.39 is 0 Å². The van der Waals surface area contributed by atoms with Gasteiger partial charge in [-0.3, -0.25) is 0 Å². The van der Waals surface area contributed by atoms with Crippen LogP contribution in [0.15, 0.2) is 28.8 Å². The quantitative estimate of drug-likeness (QED) is 0.934. The Morgan fingerprint density at radius 1 is 1.26 bits per heavy atom. The predicted molar refractivity (Wildman–Crippen MR) is 75.1 cm³/mol. The zero-order valence-corrected chi connectivity index (χ0v) is 12.2. The first-order chi connectivity index (χ1) is 8.94. The predicted octanol–water partition coefficient (Wildman–Crippen LogP) is 3.20. The highest BCUT2D eigenvalue weighted by molar-refractivity contribution is 6.31. The van der Waals surface area contributed by atoms with E-state index in [1.165, 1.54) is 0 Å². The summed E-state index contributed by atoms with van der Waals surface area (Å²) in [5.41, 5.74) is 1.03. The molecule has 0 fully saturated rings. The van der Waals surface area contributed by atoms with Crippen LogP contribution in [0.3, 0.4) is 0 Å². The van der Waals surface area contributed by atoms with Crippen LogP contribution in [0.5, 0.6) is 0 Å². The Kier molecular flexibility index (Phi) is 4.22. The number of hydrogen-bond donors (Lipinski definition) is 1. The van der Waals surface area contributed by atoms with Gasteiger partial charge in [0.25, 0.3) is 0 Å². The molecule has 0 unspecified atom stereocenters. The summed E-state index contributed by atoms with van der Waals surface area (Å²) in [6.07, 6.45) is 0.582. The van der Waals surface area contributed by atoms with Gasteiger partial charge >= 0.3 is 0 Å². The lowest BCUT2D eigenvalue weighted by atomic mass is 10.1. The van der Waals surface area contributed by atoms with E-state index in [2.05, 4.69) is 36.2 Å². The van der Waals surface area contributed by atoms with Gasteiger partial charge < -0.3 is 9.84 Å². The van der Waals surface area contributed by atoms with E-state index in [1.807, 2.05) is 24.3 Å². The van der Waals surface area contributed by atoms with Crippen LogP contribution in [0.2, 0.25) is 5.02 Å². The Labute approximate surface area is 118 Å². The molecule has 0 amide bonds. The molecule has 0 spiro atoms. The summed E-state index contributed by atoms with van der Waals surface area (Å²) in [4.78, 5) is 4.35. The van der Waals surface area contributed by atoms with Crippen molar-refractivity contribution in [2.24, 2.45) is 0 Å². The topological polar surface area (TPSA) is 51.0 Å². The molecule has 0 aliphatic rings. The molecule has 0 saturated heterocycles. The average molecular weight is 280 g/mol. The van der Waals surface area contributed by atoms with Crippen LogP contribution in [0.25, 0.3) is 0 Å². The summed E-state index contributed by atoms with van der Waals surface area (Å²) in [5, 5.41) is 8.00. The minimum atomic E-state index is 0.0252. The van der Waals surface area contributed by atoms with E-state index in [9.17, 15) is 0 Å². The summed E-state index contributed by atoms with van der Waals surface area (Å²) in [6.45, 7) is 6.84. The SMILES string of the molecule is CC(C)(C)NCc1nc(Cc2ccccc2Cl)no1. The zero-order chi connectivity index (χ0) is 13.9. The molecular formula is C14H18ClN3O. The Balaban J connectivity index is 2.00. The van der Waals surface area contributed by atoms with Gasteiger partial charge in [-0.2, -0.15) is 4.98 Å². The fourth-order valence-electron chi connectivity index (χ4n) is 1.59. The van der Waals surface area contributed by atoms with Gasteiger partial charge in [-0.25, -0.2) is 0 Å². The molecule has 1 heterocycles. The zero-order valence-electron chi connectivity index (χ0n) is 11.4. The van der Waals surface area contributed by atoms with E-state index in [1.54, 1.807) is 0 Å². The lowest BCUT2D eigenvalue weighted by Gasteiger charge is -2.18. The molecule has 0 saturated carbocycles. The first-order valence-corrected chi connectivity index (χ1v) is 6.62. The van der Waals surface area contributed by atoms with Crippen molar-refractivity contribution in [2.75, 3.05) is 0 Å². The summed E-state index contributed by atoms with van der Waals surface area (Å²) in [7, 11) is 0. The third-order valence-electron chi connectivity index (χ3n) is 2.59. The summed E-state index contributed by atoms with van der Waals surface area (Å²) >= 11 is 6.10. The second-order valence-electron chi connectivity index (χ2n) is 5.48. The molecule has 1 N–H and O–H groups in total. The molecule has 0 atom stereocenters. The maximum Gasteiger partial charge on any atom is 0.240 e. The summed E-state index contributed by atoms with van der Waals surface area (Å²) in [6, 6.07) is 7.68. The number of benzene rings is 1. The number of hydrogen-bond acceptors (Lipinski definition) is 4. The summed E-state index contributed by atoms with van der Waals surface area (Å²) < 4.78 is 5.21. The lowest BCUT2D eigenvalue weighted by molar-refractivity contribution is 0.334. The number of nitrogens with one attached hydrogen (secondary N) is 1. The van der Waals surface area contributed by atoms with Crippen LogP contribution < -0.4 is 5.32 Å². The van der Waals surface area contributed by atoms with Crippen molar-refractivity contribution < 1.29 is 4.52 Å². The minimum Gasteiger partial charge on any atom is -0.338 e. The van der Waals surface area contributed by atoms with Gasteiger partial charge in [-0.15, -0.1) is 0 Å². The van der Waals surface area contributed by atoms with Crippen molar-refractivity contribution in [3.63, 3.8) is 0 Å². The fraction of sp³-hybridized carbons (Fsp3) is 0.429. The van der Waals surface area contributed by atoms with Gasteiger partial charge in [-0.05, 0) is 32.4 Å². The van der Waals surface area contributed by atoms with Gasteiger partial charge in [0.2, 0.25) is 5.89 Å². The van der Waals surface area contributed by atoms with Crippen molar-refractivity contribution in [3.05, 3.63) is 46.6 Å². The molecule has 5 heteroatoms. The fourth-order valence-corrected chi connectivity index (χ4v) is 1.79. The molecular weight excluding hydrogens is 262 g/mol. The van der Waals surface area contributed by atoms with Gasteiger partial charge in [0.05, 0.1) is 6.54 Å². The second kappa shape index (κ2) is 5.72. The number of nitrogens with zero attached hydrogens (tertiary/aromatic N) is 2. The van der Waals surface area contributed by atoms with Crippen molar-refractivity contribution in [2.45, 2.75) is 39.3 Å². The monoisotopic (exact) mass is 279 g/mol. The van der Waals surface area contributed by atoms with Crippen LogP contribution in [0, 0.1) is 0 Å².